The number of rotatable bonds is 4. The van der Waals surface area contributed by atoms with E-state index in [0.717, 1.165) is 16.9 Å². The molecule has 0 unspecified atom stereocenters. The number of nitrogens with zero attached hydrogens (tertiary/aromatic N) is 5. The van der Waals surface area contributed by atoms with Crippen LogP contribution < -0.4 is 4.90 Å². The highest BCUT2D eigenvalue weighted by atomic mass is 16.5. The molecule has 0 amide bonds. The van der Waals surface area contributed by atoms with Gasteiger partial charge in [-0.25, -0.2) is 9.78 Å². The molecule has 0 aliphatic rings. The number of benzene rings is 1. The van der Waals surface area contributed by atoms with Gasteiger partial charge in [0.25, 0.3) is 0 Å². The Labute approximate surface area is 133 Å². The number of para-hydroxylation sites is 2. The Kier molecular flexibility index (Phi) is 3.92. The van der Waals surface area contributed by atoms with E-state index in [-0.39, 0.29) is 5.69 Å². The quantitative estimate of drug-likeness (QED) is 0.684. The predicted molar refractivity (Wildman–Crippen MR) is 86.2 cm³/mol. The first-order valence-corrected chi connectivity index (χ1v) is 7.13. The number of carbonyl (C=O) groups excluding carboxylic acids is 1. The minimum atomic E-state index is -0.498. The van der Waals surface area contributed by atoms with Crippen molar-refractivity contribution in [2.75, 3.05) is 19.1 Å². The smallest absolute Gasteiger partial charge is 0.358 e. The molecular weight excluding hydrogens is 294 g/mol. The van der Waals surface area contributed by atoms with E-state index in [0.29, 0.717) is 12.4 Å². The largest absolute Gasteiger partial charge is 0.464 e. The van der Waals surface area contributed by atoms with E-state index in [4.69, 9.17) is 0 Å². The van der Waals surface area contributed by atoms with Crippen LogP contribution in [0.1, 0.15) is 16.3 Å². The van der Waals surface area contributed by atoms with Crippen molar-refractivity contribution in [3.8, 4) is 0 Å². The molecule has 7 heteroatoms. The summed E-state index contributed by atoms with van der Waals surface area (Å²) in [7, 11) is 5.21. The van der Waals surface area contributed by atoms with Crippen LogP contribution in [-0.4, -0.2) is 39.9 Å². The molecule has 0 radical (unpaired) electrons. The van der Waals surface area contributed by atoms with Crippen LogP contribution in [0.15, 0.2) is 36.4 Å². The van der Waals surface area contributed by atoms with E-state index in [1.165, 1.54) is 7.11 Å². The van der Waals surface area contributed by atoms with Gasteiger partial charge in [0.05, 0.1) is 24.7 Å². The van der Waals surface area contributed by atoms with E-state index in [2.05, 4.69) is 24.5 Å². The summed E-state index contributed by atoms with van der Waals surface area (Å²) >= 11 is 0. The van der Waals surface area contributed by atoms with Crippen LogP contribution in [0, 0.1) is 0 Å². The van der Waals surface area contributed by atoms with E-state index in [1.807, 2.05) is 43.3 Å². The fourth-order valence-electron chi connectivity index (χ4n) is 2.37. The van der Waals surface area contributed by atoms with Gasteiger partial charge >= 0.3 is 5.97 Å². The molecule has 2 heterocycles. The summed E-state index contributed by atoms with van der Waals surface area (Å²) in [4.78, 5) is 17.9. The fraction of sp³-hybridized carbons (Fsp3) is 0.250. The van der Waals surface area contributed by atoms with Crippen LogP contribution in [0.3, 0.4) is 0 Å². The number of aryl methyl sites for hydroxylation is 1. The van der Waals surface area contributed by atoms with Crippen molar-refractivity contribution in [3.05, 3.63) is 47.9 Å². The average molecular weight is 311 g/mol. The molecule has 0 atom stereocenters. The number of carbonyl (C=O) groups is 1. The SMILES string of the molecule is COC(=O)c1ccc(N(C)Cc2nc3ccccc3n2C)nn1. The van der Waals surface area contributed by atoms with Gasteiger partial charge < -0.3 is 14.2 Å². The minimum absolute atomic E-state index is 0.187. The molecule has 3 aromatic rings. The highest BCUT2D eigenvalue weighted by molar-refractivity contribution is 5.87. The van der Waals surface area contributed by atoms with Gasteiger partial charge in [-0.15, -0.1) is 10.2 Å². The lowest BCUT2D eigenvalue weighted by atomic mass is 10.3. The minimum Gasteiger partial charge on any atom is -0.464 e. The third-order valence-electron chi connectivity index (χ3n) is 3.69. The molecular formula is C16H17N5O2. The van der Waals surface area contributed by atoms with E-state index < -0.39 is 5.97 Å². The number of ether oxygens (including phenoxy) is 1. The summed E-state index contributed by atoms with van der Waals surface area (Å²) in [5.74, 6) is 1.08. The van der Waals surface area contributed by atoms with Gasteiger partial charge in [-0.1, -0.05) is 12.1 Å². The van der Waals surface area contributed by atoms with Crippen LogP contribution in [0.4, 0.5) is 5.82 Å². The Morgan fingerprint density at radius 3 is 2.65 bits per heavy atom. The van der Waals surface area contributed by atoms with Gasteiger partial charge in [0.1, 0.15) is 5.82 Å². The zero-order chi connectivity index (χ0) is 16.4. The number of hydrogen-bond acceptors (Lipinski definition) is 6. The fourth-order valence-corrected chi connectivity index (χ4v) is 2.37. The Hall–Kier alpha value is -2.96. The third-order valence-corrected chi connectivity index (χ3v) is 3.69. The molecule has 3 rings (SSSR count). The van der Waals surface area contributed by atoms with Crippen LogP contribution in [-0.2, 0) is 18.3 Å². The van der Waals surface area contributed by atoms with Crippen molar-refractivity contribution in [1.29, 1.82) is 0 Å². The van der Waals surface area contributed by atoms with Crippen molar-refractivity contribution in [2.24, 2.45) is 7.05 Å². The monoisotopic (exact) mass is 311 g/mol. The average Bonchev–Trinajstić information content (AvgIpc) is 2.90. The molecule has 0 aliphatic carbocycles. The summed E-state index contributed by atoms with van der Waals surface area (Å²) in [6.45, 7) is 0.581. The predicted octanol–water partition coefficient (Wildman–Crippen LogP) is 1.79. The Bertz CT molecular complexity index is 841. The molecule has 118 valence electrons. The number of hydrogen-bond donors (Lipinski definition) is 0. The summed E-state index contributed by atoms with van der Waals surface area (Å²) < 4.78 is 6.67. The first-order valence-electron chi connectivity index (χ1n) is 7.13. The molecule has 0 fully saturated rings. The zero-order valence-corrected chi connectivity index (χ0v) is 13.2. The van der Waals surface area contributed by atoms with Crippen molar-refractivity contribution in [2.45, 2.75) is 6.54 Å². The maximum Gasteiger partial charge on any atom is 0.358 e. The molecule has 0 saturated heterocycles. The molecule has 0 aliphatic heterocycles. The lowest BCUT2D eigenvalue weighted by molar-refractivity contribution is 0.0592. The first kappa shape index (κ1) is 15.0. The number of esters is 1. The van der Waals surface area contributed by atoms with Gasteiger partial charge in [-0.05, 0) is 24.3 Å². The molecule has 2 aromatic heterocycles. The van der Waals surface area contributed by atoms with Crippen LogP contribution in [0.2, 0.25) is 0 Å². The molecule has 23 heavy (non-hydrogen) atoms. The second-order valence-electron chi connectivity index (χ2n) is 5.20. The van der Waals surface area contributed by atoms with Crippen molar-refractivity contribution >= 4 is 22.8 Å². The van der Waals surface area contributed by atoms with Crippen molar-refractivity contribution in [1.82, 2.24) is 19.7 Å². The first-order chi connectivity index (χ1) is 11.1. The summed E-state index contributed by atoms with van der Waals surface area (Å²) in [6.07, 6.45) is 0. The second-order valence-corrected chi connectivity index (χ2v) is 5.20. The van der Waals surface area contributed by atoms with E-state index >= 15 is 0 Å². The number of anilines is 1. The van der Waals surface area contributed by atoms with Crippen molar-refractivity contribution in [3.63, 3.8) is 0 Å². The lowest BCUT2D eigenvalue weighted by Gasteiger charge is -2.17. The summed E-state index contributed by atoms with van der Waals surface area (Å²) in [6, 6.07) is 11.3. The molecule has 1 aromatic carbocycles. The molecule has 0 saturated carbocycles. The Balaban J connectivity index is 1.81. The van der Waals surface area contributed by atoms with Gasteiger partial charge in [0.2, 0.25) is 0 Å². The summed E-state index contributed by atoms with van der Waals surface area (Å²) in [5, 5.41) is 7.95. The number of aromatic nitrogens is 4. The number of fused-ring (bicyclic) bond motifs is 1. The zero-order valence-electron chi connectivity index (χ0n) is 13.2. The van der Waals surface area contributed by atoms with Gasteiger partial charge in [-0.2, -0.15) is 0 Å². The van der Waals surface area contributed by atoms with Crippen LogP contribution in [0.25, 0.3) is 11.0 Å². The van der Waals surface area contributed by atoms with Gasteiger partial charge in [0.15, 0.2) is 11.5 Å². The highest BCUT2D eigenvalue weighted by Crippen LogP contribution is 2.17. The Morgan fingerprint density at radius 2 is 2.00 bits per heavy atom. The standard InChI is InChI=1S/C16H17N5O2/c1-20(14-9-8-12(18-19-14)16(22)23-3)10-15-17-11-6-4-5-7-13(11)21(15)2/h4-9H,10H2,1-3H3. The molecule has 7 nitrogen and oxygen atoms in total. The number of imidazole rings is 1. The van der Waals surface area contributed by atoms with Gasteiger partial charge in [-0.3, -0.25) is 0 Å². The molecule has 0 N–H and O–H groups in total. The normalized spacial score (nSPS) is 10.7. The number of methoxy groups -OCH3 is 1. The second kappa shape index (κ2) is 6.04. The van der Waals surface area contributed by atoms with E-state index in [9.17, 15) is 4.79 Å². The maximum atomic E-state index is 11.4. The van der Waals surface area contributed by atoms with Crippen LogP contribution in [0.5, 0.6) is 0 Å². The van der Waals surface area contributed by atoms with E-state index in [1.54, 1.807) is 12.1 Å². The molecule has 0 spiro atoms. The highest BCUT2D eigenvalue weighted by Gasteiger charge is 2.13. The van der Waals surface area contributed by atoms with Crippen molar-refractivity contribution < 1.29 is 9.53 Å². The van der Waals surface area contributed by atoms with Gasteiger partial charge in [0, 0.05) is 14.1 Å². The van der Waals surface area contributed by atoms with Crippen LogP contribution >= 0.6 is 0 Å². The topological polar surface area (TPSA) is 73.1 Å². The molecule has 0 bridgehead atoms. The maximum absolute atomic E-state index is 11.4. The Morgan fingerprint density at radius 1 is 1.22 bits per heavy atom. The lowest BCUT2D eigenvalue weighted by Crippen LogP contribution is -2.21. The third kappa shape index (κ3) is 2.85. The summed E-state index contributed by atoms with van der Waals surface area (Å²) in [5.41, 5.74) is 2.24.